The third-order valence-electron chi connectivity index (χ3n) is 4.33. The molecule has 0 unspecified atom stereocenters. The summed E-state index contributed by atoms with van der Waals surface area (Å²) >= 11 is 3.43. The van der Waals surface area contributed by atoms with Gasteiger partial charge < -0.3 is 15.5 Å². The number of hydrogen-bond acceptors (Lipinski definition) is 6. The highest BCUT2D eigenvalue weighted by Crippen LogP contribution is 2.15. The normalized spacial score (nSPS) is 11.4. The lowest BCUT2D eigenvalue weighted by atomic mass is 10.1. The fourth-order valence-corrected chi connectivity index (χ4v) is 3.35. The number of carbonyl (C=O) groups excluding carboxylic acids is 1. The predicted molar refractivity (Wildman–Crippen MR) is 103 cm³/mol. The van der Waals surface area contributed by atoms with Gasteiger partial charge in [0.05, 0.1) is 18.7 Å². The number of rotatable bonds is 4. The largest absolute Gasteiger partial charge is 0.366 e. The number of anilines is 1. The molecule has 4 aromatic heterocycles. The summed E-state index contributed by atoms with van der Waals surface area (Å²) in [5.41, 5.74) is 9.60. The molecule has 4 aromatic rings. The van der Waals surface area contributed by atoms with Gasteiger partial charge in [-0.1, -0.05) is 0 Å². The van der Waals surface area contributed by atoms with Crippen LogP contribution in [0.1, 0.15) is 22.6 Å². The van der Waals surface area contributed by atoms with E-state index in [4.69, 9.17) is 5.73 Å². The Balaban J connectivity index is 1.49. The first kappa shape index (κ1) is 17.4. The summed E-state index contributed by atoms with van der Waals surface area (Å²) in [7, 11) is 0. The lowest BCUT2D eigenvalue weighted by molar-refractivity contribution is -0.120. The van der Waals surface area contributed by atoms with Gasteiger partial charge in [0.15, 0.2) is 0 Å². The molecule has 27 heavy (non-hydrogen) atoms. The van der Waals surface area contributed by atoms with E-state index in [2.05, 4.69) is 41.3 Å². The molecular weight excluding hydrogens is 412 g/mol. The highest BCUT2D eigenvalue weighted by atomic mass is 79.9. The van der Waals surface area contributed by atoms with Crippen molar-refractivity contribution in [2.24, 2.45) is 0 Å². The molecule has 1 amide bonds. The maximum atomic E-state index is 12.4. The van der Waals surface area contributed by atoms with E-state index < -0.39 is 0 Å². The van der Waals surface area contributed by atoms with Gasteiger partial charge in [0, 0.05) is 33.8 Å². The monoisotopic (exact) mass is 428 g/mol. The van der Waals surface area contributed by atoms with Gasteiger partial charge in [0.1, 0.15) is 5.65 Å². The Morgan fingerprint density at radius 3 is 2.85 bits per heavy atom. The standard InChI is InChI=1S/C17H17BrN8O/c1-9-13(10(2)26-17(21-9)23-16(19)24-26)5-15(27)20-6-12-8-25-7-11(18)3-4-14(25)22-12/h3-4,7-8H,5-6H2,1-2H3,(H2,19,24)(H,20,27). The van der Waals surface area contributed by atoms with Crippen molar-refractivity contribution in [1.82, 2.24) is 34.3 Å². The summed E-state index contributed by atoms with van der Waals surface area (Å²) in [5.74, 6) is 0.473. The number of aromatic nitrogens is 6. The molecule has 3 N–H and O–H groups in total. The molecular formula is C17H17BrN8O. The second kappa shape index (κ2) is 6.62. The molecule has 0 saturated heterocycles. The zero-order chi connectivity index (χ0) is 19.1. The molecule has 0 radical (unpaired) electrons. The van der Waals surface area contributed by atoms with Crippen LogP contribution in [0, 0.1) is 13.8 Å². The summed E-state index contributed by atoms with van der Waals surface area (Å²) in [6, 6.07) is 3.84. The van der Waals surface area contributed by atoms with Crippen molar-refractivity contribution in [1.29, 1.82) is 0 Å². The number of imidazole rings is 1. The minimum absolute atomic E-state index is 0.117. The van der Waals surface area contributed by atoms with Gasteiger partial charge in [0.2, 0.25) is 11.9 Å². The van der Waals surface area contributed by atoms with Crippen LogP contribution in [-0.2, 0) is 17.8 Å². The molecule has 0 aliphatic carbocycles. The maximum absolute atomic E-state index is 12.4. The van der Waals surface area contributed by atoms with Crippen LogP contribution in [0.3, 0.4) is 0 Å². The summed E-state index contributed by atoms with van der Waals surface area (Å²) in [6.07, 6.45) is 4.01. The topological polar surface area (TPSA) is 115 Å². The SMILES string of the molecule is Cc1nc2nc(N)nn2c(C)c1CC(=O)NCc1cn2cc(Br)ccc2n1. The van der Waals surface area contributed by atoms with E-state index in [0.717, 1.165) is 32.8 Å². The number of fused-ring (bicyclic) bond motifs is 2. The number of nitrogens with zero attached hydrogens (tertiary/aromatic N) is 6. The van der Waals surface area contributed by atoms with E-state index in [1.165, 1.54) is 0 Å². The molecule has 0 saturated carbocycles. The van der Waals surface area contributed by atoms with Crippen molar-refractivity contribution >= 4 is 39.2 Å². The average molecular weight is 429 g/mol. The lowest BCUT2D eigenvalue weighted by Gasteiger charge is -2.10. The van der Waals surface area contributed by atoms with Gasteiger partial charge in [-0.25, -0.2) is 9.97 Å². The van der Waals surface area contributed by atoms with Crippen molar-refractivity contribution in [2.45, 2.75) is 26.8 Å². The molecule has 4 rings (SSSR count). The summed E-state index contributed by atoms with van der Waals surface area (Å²) in [4.78, 5) is 25.4. The molecule has 0 spiro atoms. The predicted octanol–water partition coefficient (Wildman–Crippen LogP) is 1.59. The third kappa shape index (κ3) is 3.35. The Hall–Kier alpha value is -3.01. The quantitative estimate of drug-likeness (QED) is 0.509. The first-order chi connectivity index (χ1) is 12.9. The molecule has 0 aliphatic heterocycles. The summed E-state index contributed by atoms with van der Waals surface area (Å²) in [5, 5.41) is 7.03. The Bertz CT molecular complexity index is 1180. The van der Waals surface area contributed by atoms with E-state index in [-0.39, 0.29) is 18.3 Å². The van der Waals surface area contributed by atoms with Crippen LogP contribution in [0.4, 0.5) is 5.95 Å². The van der Waals surface area contributed by atoms with Crippen LogP contribution in [0.5, 0.6) is 0 Å². The van der Waals surface area contributed by atoms with Crippen molar-refractivity contribution < 1.29 is 4.79 Å². The van der Waals surface area contributed by atoms with E-state index in [1.807, 2.05) is 42.8 Å². The van der Waals surface area contributed by atoms with Crippen LogP contribution in [0.25, 0.3) is 11.4 Å². The average Bonchev–Trinajstić information content (AvgIpc) is 3.19. The van der Waals surface area contributed by atoms with Crippen LogP contribution >= 0.6 is 15.9 Å². The Kier molecular flexibility index (Phi) is 4.27. The third-order valence-corrected chi connectivity index (χ3v) is 4.80. The highest BCUT2D eigenvalue weighted by Gasteiger charge is 2.15. The fraction of sp³-hybridized carbons (Fsp3) is 0.235. The zero-order valence-electron chi connectivity index (χ0n) is 14.8. The first-order valence-corrected chi connectivity index (χ1v) is 9.08. The molecule has 9 nitrogen and oxygen atoms in total. The number of hydrogen-bond donors (Lipinski definition) is 2. The highest BCUT2D eigenvalue weighted by molar-refractivity contribution is 9.10. The van der Waals surface area contributed by atoms with Crippen LogP contribution < -0.4 is 11.1 Å². The molecule has 4 heterocycles. The Morgan fingerprint density at radius 2 is 2.04 bits per heavy atom. The number of nitrogens with two attached hydrogens (primary N) is 1. The molecule has 138 valence electrons. The van der Waals surface area contributed by atoms with E-state index in [1.54, 1.807) is 4.52 Å². The molecule has 0 atom stereocenters. The lowest BCUT2D eigenvalue weighted by Crippen LogP contribution is -2.26. The molecule has 0 aromatic carbocycles. The van der Waals surface area contributed by atoms with E-state index >= 15 is 0 Å². The van der Waals surface area contributed by atoms with E-state index in [0.29, 0.717) is 12.3 Å². The number of pyridine rings is 1. The van der Waals surface area contributed by atoms with Crippen LogP contribution in [-0.4, -0.2) is 34.9 Å². The van der Waals surface area contributed by atoms with Gasteiger partial charge in [-0.05, 0) is 41.9 Å². The smallest absolute Gasteiger partial charge is 0.254 e. The van der Waals surface area contributed by atoms with Gasteiger partial charge >= 0.3 is 0 Å². The Morgan fingerprint density at radius 1 is 1.22 bits per heavy atom. The van der Waals surface area contributed by atoms with Crippen LogP contribution in [0.2, 0.25) is 0 Å². The van der Waals surface area contributed by atoms with Crippen molar-refractivity contribution in [2.75, 3.05) is 5.73 Å². The Labute approximate surface area is 162 Å². The van der Waals surface area contributed by atoms with Gasteiger partial charge in [-0.15, -0.1) is 5.10 Å². The molecule has 10 heteroatoms. The minimum atomic E-state index is -0.117. The van der Waals surface area contributed by atoms with Crippen molar-refractivity contribution in [3.8, 4) is 0 Å². The van der Waals surface area contributed by atoms with Crippen molar-refractivity contribution in [3.63, 3.8) is 0 Å². The minimum Gasteiger partial charge on any atom is -0.366 e. The first-order valence-electron chi connectivity index (χ1n) is 8.29. The van der Waals surface area contributed by atoms with Crippen molar-refractivity contribution in [3.05, 3.63) is 51.6 Å². The van der Waals surface area contributed by atoms with Gasteiger partial charge in [-0.3, -0.25) is 4.79 Å². The number of halogens is 1. The summed E-state index contributed by atoms with van der Waals surface area (Å²) < 4.78 is 4.43. The molecule has 0 aliphatic rings. The van der Waals surface area contributed by atoms with Gasteiger partial charge in [0.25, 0.3) is 5.78 Å². The number of aryl methyl sites for hydroxylation is 2. The van der Waals surface area contributed by atoms with E-state index in [9.17, 15) is 4.79 Å². The summed E-state index contributed by atoms with van der Waals surface area (Å²) in [6.45, 7) is 4.07. The van der Waals surface area contributed by atoms with Crippen LogP contribution in [0.15, 0.2) is 29.0 Å². The number of nitrogen functional groups attached to an aromatic ring is 1. The second-order valence-corrected chi connectivity index (χ2v) is 7.16. The number of nitrogens with one attached hydrogen (secondary N) is 1. The molecule has 0 fully saturated rings. The number of amides is 1. The molecule has 0 bridgehead atoms. The zero-order valence-corrected chi connectivity index (χ0v) is 16.4. The number of carbonyl (C=O) groups is 1. The maximum Gasteiger partial charge on any atom is 0.254 e. The van der Waals surface area contributed by atoms with Gasteiger partial charge in [-0.2, -0.15) is 9.50 Å². The second-order valence-electron chi connectivity index (χ2n) is 6.24. The fourth-order valence-electron chi connectivity index (χ4n) is 2.99.